The van der Waals surface area contributed by atoms with Crippen LogP contribution in [0.1, 0.15) is 16.1 Å². The molecule has 2 heterocycles. The van der Waals surface area contributed by atoms with Crippen LogP contribution >= 0.6 is 0 Å². The Hall–Kier alpha value is -1.83. The van der Waals surface area contributed by atoms with Gasteiger partial charge in [0, 0.05) is 32.4 Å². The number of carboxylic acids is 1. The molecule has 1 aromatic heterocycles. The van der Waals surface area contributed by atoms with Crippen molar-refractivity contribution in [2.75, 3.05) is 31.1 Å². The van der Waals surface area contributed by atoms with E-state index in [2.05, 4.69) is 10.3 Å². The molecule has 0 aromatic carbocycles. The average molecular weight is 275 g/mol. The number of halogens is 3. The molecule has 1 aromatic rings. The molecule has 1 fully saturated rings. The molecule has 0 spiro atoms. The van der Waals surface area contributed by atoms with Gasteiger partial charge in [-0.3, -0.25) is 0 Å². The third kappa shape index (κ3) is 2.95. The summed E-state index contributed by atoms with van der Waals surface area (Å²) >= 11 is 0. The van der Waals surface area contributed by atoms with Crippen molar-refractivity contribution in [1.29, 1.82) is 0 Å². The molecule has 0 radical (unpaired) electrons. The first-order valence-corrected chi connectivity index (χ1v) is 5.66. The number of rotatable bonds is 2. The van der Waals surface area contributed by atoms with E-state index in [1.165, 1.54) is 0 Å². The highest BCUT2D eigenvalue weighted by Gasteiger charge is 2.33. The number of carboxylic acid groups (broad SMARTS) is 1. The number of aromatic nitrogens is 1. The highest BCUT2D eigenvalue weighted by atomic mass is 19.4. The molecule has 1 aliphatic heterocycles. The molecule has 0 amide bonds. The van der Waals surface area contributed by atoms with E-state index >= 15 is 0 Å². The van der Waals surface area contributed by atoms with Crippen molar-refractivity contribution in [3.05, 3.63) is 23.5 Å². The van der Waals surface area contributed by atoms with Crippen LogP contribution in [0.5, 0.6) is 0 Å². The molecule has 0 bridgehead atoms. The lowest BCUT2D eigenvalue weighted by atomic mass is 10.1. The molecule has 8 heteroatoms. The summed E-state index contributed by atoms with van der Waals surface area (Å²) in [4.78, 5) is 16.1. The number of alkyl halides is 3. The van der Waals surface area contributed by atoms with Gasteiger partial charge in [-0.15, -0.1) is 0 Å². The van der Waals surface area contributed by atoms with Gasteiger partial charge in [0.05, 0.1) is 11.3 Å². The van der Waals surface area contributed by atoms with Gasteiger partial charge < -0.3 is 15.3 Å². The maximum absolute atomic E-state index is 12.6. The molecule has 19 heavy (non-hydrogen) atoms. The zero-order valence-electron chi connectivity index (χ0n) is 9.87. The van der Waals surface area contributed by atoms with E-state index < -0.39 is 17.7 Å². The Kier molecular flexibility index (Phi) is 3.61. The topological polar surface area (TPSA) is 65.5 Å². The summed E-state index contributed by atoms with van der Waals surface area (Å²) in [6.45, 7) is 2.08. The van der Waals surface area contributed by atoms with Gasteiger partial charge in [-0.25, -0.2) is 9.78 Å². The van der Waals surface area contributed by atoms with Gasteiger partial charge >= 0.3 is 12.1 Å². The van der Waals surface area contributed by atoms with Gasteiger partial charge in [0.2, 0.25) is 0 Å². The second-order valence-electron chi connectivity index (χ2n) is 4.13. The number of nitrogens with zero attached hydrogens (tertiary/aromatic N) is 2. The molecule has 0 unspecified atom stereocenters. The minimum atomic E-state index is -4.53. The van der Waals surface area contributed by atoms with E-state index in [-0.39, 0.29) is 11.4 Å². The van der Waals surface area contributed by atoms with E-state index in [9.17, 15) is 18.0 Å². The van der Waals surface area contributed by atoms with Crippen LogP contribution in [-0.4, -0.2) is 42.2 Å². The van der Waals surface area contributed by atoms with Crippen LogP contribution in [0.3, 0.4) is 0 Å². The quantitative estimate of drug-likeness (QED) is 0.849. The van der Waals surface area contributed by atoms with Gasteiger partial charge in [-0.1, -0.05) is 0 Å². The fourth-order valence-corrected chi connectivity index (χ4v) is 1.92. The van der Waals surface area contributed by atoms with Crippen molar-refractivity contribution < 1.29 is 23.1 Å². The second-order valence-corrected chi connectivity index (χ2v) is 4.13. The molecule has 104 valence electrons. The van der Waals surface area contributed by atoms with E-state index in [1.54, 1.807) is 4.90 Å². The normalized spacial score (nSPS) is 16.5. The minimum Gasteiger partial charge on any atom is -0.476 e. The van der Waals surface area contributed by atoms with E-state index in [4.69, 9.17) is 5.11 Å². The first-order valence-electron chi connectivity index (χ1n) is 5.66. The first-order chi connectivity index (χ1) is 8.89. The molecular formula is C11H12F3N3O2. The van der Waals surface area contributed by atoms with Gasteiger partial charge in [0.25, 0.3) is 0 Å². The lowest BCUT2D eigenvalue weighted by Gasteiger charge is -2.30. The van der Waals surface area contributed by atoms with Crippen molar-refractivity contribution in [1.82, 2.24) is 10.3 Å². The fourth-order valence-electron chi connectivity index (χ4n) is 1.92. The predicted octanol–water partition coefficient (Wildman–Crippen LogP) is 1.21. The van der Waals surface area contributed by atoms with Gasteiger partial charge in [-0.05, 0) is 6.07 Å². The molecule has 0 aliphatic carbocycles. The fraction of sp³-hybridized carbons (Fsp3) is 0.455. The molecule has 0 atom stereocenters. The smallest absolute Gasteiger partial charge is 0.417 e. The van der Waals surface area contributed by atoms with Crippen molar-refractivity contribution >= 4 is 11.7 Å². The van der Waals surface area contributed by atoms with Gasteiger partial charge in [0.15, 0.2) is 5.69 Å². The molecule has 2 N–H and O–H groups in total. The summed E-state index contributed by atoms with van der Waals surface area (Å²) in [5.74, 6) is -1.33. The van der Waals surface area contributed by atoms with Crippen LogP contribution in [0.25, 0.3) is 0 Å². The molecule has 2 rings (SSSR count). The monoisotopic (exact) mass is 275 g/mol. The highest BCUT2D eigenvalue weighted by molar-refractivity contribution is 5.92. The zero-order valence-corrected chi connectivity index (χ0v) is 9.87. The lowest BCUT2D eigenvalue weighted by molar-refractivity contribution is -0.137. The number of hydrogen-bond acceptors (Lipinski definition) is 4. The van der Waals surface area contributed by atoms with Gasteiger partial charge in [0.1, 0.15) is 0 Å². The Morgan fingerprint density at radius 3 is 2.53 bits per heavy atom. The Balaban J connectivity index is 2.44. The van der Waals surface area contributed by atoms with E-state index in [0.29, 0.717) is 32.4 Å². The van der Waals surface area contributed by atoms with Crippen molar-refractivity contribution in [2.24, 2.45) is 0 Å². The summed E-state index contributed by atoms with van der Waals surface area (Å²) < 4.78 is 37.9. The van der Waals surface area contributed by atoms with E-state index in [0.717, 1.165) is 6.07 Å². The second kappa shape index (κ2) is 5.04. The highest BCUT2D eigenvalue weighted by Crippen LogP contribution is 2.32. The number of pyridine rings is 1. The maximum atomic E-state index is 12.6. The van der Waals surface area contributed by atoms with E-state index in [1.807, 2.05) is 0 Å². The Morgan fingerprint density at radius 2 is 2.00 bits per heavy atom. The van der Waals surface area contributed by atoms with Crippen LogP contribution in [0, 0.1) is 0 Å². The number of anilines is 1. The third-order valence-corrected chi connectivity index (χ3v) is 2.86. The molecular weight excluding hydrogens is 263 g/mol. The van der Waals surface area contributed by atoms with Crippen LogP contribution < -0.4 is 10.2 Å². The largest absolute Gasteiger partial charge is 0.476 e. The number of hydrogen-bond donors (Lipinski definition) is 2. The van der Waals surface area contributed by atoms with Crippen LogP contribution in [0.4, 0.5) is 18.9 Å². The average Bonchev–Trinajstić information content (AvgIpc) is 2.38. The SMILES string of the molecule is O=C(O)c1ncc(C(F)(F)F)cc1N1CCNCC1. The Bertz CT molecular complexity index is 485. The van der Waals surface area contributed by atoms with Crippen molar-refractivity contribution in [2.45, 2.75) is 6.18 Å². The molecule has 1 saturated heterocycles. The third-order valence-electron chi connectivity index (χ3n) is 2.86. The predicted molar refractivity (Wildman–Crippen MR) is 61.3 cm³/mol. The van der Waals surface area contributed by atoms with Gasteiger partial charge in [-0.2, -0.15) is 13.2 Å². The first kappa shape index (κ1) is 13.6. The summed E-state index contributed by atoms with van der Waals surface area (Å²) in [6.07, 6.45) is -3.98. The summed E-state index contributed by atoms with van der Waals surface area (Å²) in [5, 5.41) is 12.1. The molecule has 1 aliphatic rings. The summed E-state index contributed by atoms with van der Waals surface area (Å²) in [5.41, 5.74) is -1.27. The summed E-state index contributed by atoms with van der Waals surface area (Å²) in [7, 11) is 0. The number of aromatic carboxylic acids is 1. The van der Waals surface area contributed by atoms with Crippen LogP contribution in [-0.2, 0) is 6.18 Å². The number of piperazine rings is 1. The summed E-state index contributed by atoms with van der Waals surface area (Å²) in [6, 6.07) is 0.849. The zero-order chi connectivity index (χ0) is 14.0. The van der Waals surface area contributed by atoms with Crippen LogP contribution in [0.2, 0.25) is 0 Å². The standard InChI is InChI=1S/C11H12F3N3O2/c12-11(13,14)7-5-8(9(10(18)19)16-6-7)17-3-1-15-2-4-17/h5-6,15H,1-4H2,(H,18,19). The number of carbonyl (C=O) groups is 1. The van der Waals surface area contributed by atoms with Crippen LogP contribution in [0.15, 0.2) is 12.3 Å². The Morgan fingerprint density at radius 1 is 1.37 bits per heavy atom. The maximum Gasteiger partial charge on any atom is 0.417 e. The van der Waals surface area contributed by atoms with Crippen molar-refractivity contribution in [3.63, 3.8) is 0 Å². The van der Waals surface area contributed by atoms with Crippen molar-refractivity contribution in [3.8, 4) is 0 Å². The Labute approximate surface area is 107 Å². The lowest BCUT2D eigenvalue weighted by Crippen LogP contribution is -2.44. The minimum absolute atomic E-state index is 0.0174. The molecule has 0 saturated carbocycles. The number of nitrogens with one attached hydrogen (secondary N) is 1. The molecule has 5 nitrogen and oxygen atoms in total.